The van der Waals surface area contributed by atoms with Crippen LogP contribution in [0.25, 0.3) is 0 Å². The molecule has 1 aliphatic carbocycles. The molecule has 2 rings (SSSR count). The van der Waals surface area contributed by atoms with Crippen molar-refractivity contribution in [2.45, 2.75) is 46.1 Å². The van der Waals surface area contributed by atoms with Crippen molar-refractivity contribution in [2.24, 2.45) is 17.8 Å². The summed E-state index contributed by atoms with van der Waals surface area (Å²) in [4.78, 5) is 16.1. The molecule has 1 saturated carbocycles. The van der Waals surface area contributed by atoms with E-state index in [9.17, 15) is 4.79 Å². The van der Waals surface area contributed by atoms with Gasteiger partial charge in [0.25, 0.3) is 0 Å². The molecule has 3 atom stereocenters. The number of pyridine rings is 1. The number of hydrogen-bond acceptors (Lipinski definition) is 2. The van der Waals surface area contributed by atoms with Gasteiger partial charge in [0.15, 0.2) is 0 Å². The first-order valence-electron chi connectivity index (χ1n) is 7.53. The third-order valence-electron chi connectivity index (χ3n) is 4.28. The molecule has 2 N–H and O–H groups in total. The first-order valence-corrected chi connectivity index (χ1v) is 7.53. The standard InChI is InChI=1S/C16H25N3O/c1-11(2)14-5-4-12(3)10-15(14)19-16(20)18-13-6-8-17-9-7-13/h6-9,11-12,14-15H,4-5,10H2,1-3H3,(H2,17,18,19,20)/t12-,14-,15-/m1/s1. The molecule has 0 spiro atoms. The van der Waals surface area contributed by atoms with Crippen molar-refractivity contribution in [1.82, 2.24) is 10.3 Å². The van der Waals surface area contributed by atoms with E-state index < -0.39 is 0 Å². The maximum absolute atomic E-state index is 12.1. The predicted molar refractivity (Wildman–Crippen MR) is 81.5 cm³/mol. The van der Waals surface area contributed by atoms with Gasteiger partial charge in [-0.3, -0.25) is 4.98 Å². The van der Waals surface area contributed by atoms with Gasteiger partial charge in [-0.15, -0.1) is 0 Å². The Labute approximate surface area is 121 Å². The number of anilines is 1. The van der Waals surface area contributed by atoms with Gasteiger partial charge in [-0.2, -0.15) is 0 Å². The first-order chi connectivity index (χ1) is 9.56. The molecule has 1 aromatic heterocycles. The fourth-order valence-electron chi connectivity index (χ4n) is 3.14. The normalized spacial score (nSPS) is 26.3. The molecule has 0 radical (unpaired) electrons. The summed E-state index contributed by atoms with van der Waals surface area (Å²) in [6.07, 6.45) is 6.91. The summed E-state index contributed by atoms with van der Waals surface area (Å²) >= 11 is 0. The van der Waals surface area contributed by atoms with Crippen LogP contribution in [0.5, 0.6) is 0 Å². The van der Waals surface area contributed by atoms with Crippen LogP contribution in [0.15, 0.2) is 24.5 Å². The van der Waals surface area contributed by atoms with Gasteiger partial charge in [0.05, 0.1) is 0 Å². The highest BCUT2D eigenvalue weighted by Crippen LogP contribution is 2.33. The van der Waals surface area contributed by atoms with Crippen LogP contribution >= 0.6 is 0 Å². The fourth-order valence-corrected chi connectivity index (χ4v) is 3.14. The molecule has 1 fully saturated rings. The summed E-state index contributed by atoms with van der Waals surface area (Å²) < 4.78 is 0. The number of carbonyl (C=O) groups excluding carboxylic acids is 1. The molecule has 0 unspecified atom stereocenters. The maximum Gasteiger partial charge on any atom is 0.319 e. The highest BCUT2D eigenvalue weighted by Gasteiger charge is 2.31. The number of nitrogens with zero attached hydrogens (tertiary/aromatic N) is 1. The van der Waals surface area contributed by atoms with Gasteiger partial charge in [-0.05, 0) is 42.7 Å². The highest BCUT2D eigenvalue weighted by atomic mass is 16.2. The largest absolute Gasteiger partial charge is 0.335 e. The van der Waals surface area contributed by atoms with E-state index in [1.807, 2.05) is 0 Å². The number of carbonyl (C=O) groups is 1. The molecule has 1 heterocycles. The molecule has 20 heavy (non-hydrogen) atoms. The Morgan fingerprint density at radius 2 is 2.00 bits per heavy atom. The molecule has 1 aliphatic rings. The van der Waals surface area contributed by atoms with Crippen molar-refractivity contribution >= 4 is 11.7 Å². The average Bonchev–Trinajstić information content (AvgIpc) is 2.39. The molecule has 0 bridgehead atoms. The van der Waals surface area contributed by atoms with Gasteiger partial charge >= 0.3 is 6.03 Å². The first kappa shape index (κ1) is 14.8. The molecule has 0 aliphatic heterocycles. The lowest BCUT2D eigenvalue weighted by atomic mass is 9.74. The van der Waals surface area contributed by atoms with E-state index >= 15 is 0 Å². The molecule has 0 aromatic carbocycles. The van der Waals surface area contributed by atoms with Crippen LogP contribution in [0, 0.1) is 17.8 Å². The van der Waals surface area contributed by atoms with Crippen molar-refractivity contribution in [3.8, 4) is 0 Å². The number of urea groups is 1. The average molecular weight is 275 g/mol. The van der Waals surface area contributed by atoms with Crippen molar-refractivity contribution in [3.63, 3.8) is 0 Å². The Morgan fingerprint density at radius 1 is 1.30 bits per heavy atom. The van der Waals surface area contributed by atoms with Gasteiger partial charge in [0.1, 0.15) is 0 Å². The third-order valence-corrected chi connectivity index (χ3v) is 4.28. The van der Waals surface area contributed by atoms with Gasteiger partial charge in [-0.1, -0.05) is 27.2 Å². The van der Waals surface area contributed by atoms with Crippen molar-refractivity contribution in [1.29, 1.82) is 0 Å². The Balaban J connectivity index is 1.94. The Morgan fingerprint density at radius 3 is 2.65 bits per heavy atom. The summed E-state index contributed by atoms with van der Waals surface area (Å²) in [6, 6.07) is 3.76. The summed E-state index contributed by atoms with van der Waals surface area (Å²) in [5.74, 6) is 1.87. The van der Waals surface area contributed by atoms with Crippen LogP contribution in [0.2, 0.25) is 0 Å². The van der Waals surface area contributed by atoms with Gasteiger partial charge in [0.2, 0.25) is 0 Å². The zero-order valence-electron chi connectivity index (χ0n) is 12.6. The van der Waals surface area contributed by atoms with Crippen LogP contribution in [0.4, 0.5) is 10.5 Å². The smallest absolute Gasteiger partial charge is 0.319 e. The van der Waals surface area contributed by atoms with Gasteiger partial charge in [0, 0.05) is 24.1 Å². The predicted octanol–water partition coefficient (Wildman–Crippen LogP) is 3.66. The SMILES string of the molecule is CC(C)[C@H]1CC[C@@H](C)C[C@H]1NC(=O)Nc1ccncc1. The van der Waals surface area contributed by atoms with Crippen molar-refractivity contribution in [2.75, 3.05) is 5.32 Å². The summed E-state index contributed by atoms with van der Waals surface area (Å²) in [7, 11) is 0. The van der Waals surface area contributed by atoms with Crippen LogP contribution in [-0.4, -0.2) is 17.1 Å². The van der Waals surface area contributed by atoms with Crippen LogP contribution < -0.4 is 10.6 Å². The minimum absolute atomic E-state index is 0.110. The third kappa shape index (κ3) is 3.95. The van der Waals surface area contributed by atoms with Crippen LogP contribution in [-0.2, 0) is 0 Å². The van der Waals surface area contributed by atoms with E-state index in [1.54, 1.807) is 24.5 Å². The highest BCUT2D eigenvalue weighted by molar-refractivity contribution is 5.89. The van der Waals surface area contributed by atoms with Crippen molar-refractivity contribution < 1.29 is 4.79 Å². The van der Waals surface area contributed by atoms with E-state index in [2.05, 4.69) is 36.4 Å². The lowest BCUT2D eigenvalue weighted by molar-refractivity contribution is 0.172. The summed E-state index contributed by atoms with van der Waals surface area (Å²) in [6.45, 7) is 6.76. The molecule has 110 valence electrons. The second-order valence-electron chi connectivity index (χ2n) is 6.27. The van der Waals surface area contributed by atoms with E-state index in [-0.39, 0.29) is 12.1 Å². The zero-order valence-corrected chi connectivity index (χ0v) is 12.6. The van der Waals surface area contributed by atoms with E-state index in [1.165, 1.54) is 12.8 Å². The number of nitrogens with one attached hydrogen (secondary N) is 2. The zero-order chi connectivity index (χ0) is 14.5. The molecule has 1 aromatic rings. The van der Waals surface area contributed by atoms with Crippen molar-refractivity contribution in [3.05, 3.63) is 24.5 Å². The second-order valence-corrected chi connectivity index (χ2v) is 6.27. The van der Waals surface area contributed by atoms with E-state index in [0.717, 1.165) is 12.1 Å². The van der Waals surface area contributed by atoms with Gasteiger partial charge in [-0.25, -0.2) is 4.79 Å². The molecule has 0 saturated heterocycles. The maximum atomic E-state index is 12.1. The van der Waals surface area contributed by atoms with E-state index in [0.29, 0.717) is 17.8 Å². The van der Waals surface area contributed by atoms with Gasteiger partial charge < -0.3 is 10.6 Å². The fraction of sp³-hybridized carbons (Fsp3) is 0.625. The monoisotopic (exact) mass is 275 g/mol. The number of rotatable bonds is 3. The van der Waals surface area contributed by atoms with Crippen LogP contribution in [0.1, 0.15) is 40.0 Å². The summed E-state index contributed by atoms with van der Waals surface area (Å²) in [5, 5.41) is 6.03. The summed E-state index contributed by atoms with van der Waals surface area (Å²) in [5.41, 5.74) is 0.780. The lowest BCUT2D eigenvalue weighted by Gasteiger charge is -2.37. The molecule has 4 nitrogen and oxygen atoms in total. The van der Waals surface area contributed by atoms with E-state index in [4.69, 9.17) is 0 Å². The molecular formula is C16H25N3O. The second kappa shape index (κ2) is 6.73. The Kier molecular flexibility index (Phi) is 4.99. The number of aromatic nitrogens is 1. The topological polar surface area (TPSA) is 54.0 Å². The molecule has 2 amide bonds. The minimum atomic E-state index is -0.110. The number of amides is 2. The number of hydrogen-bond donors (Lipinski definition) is 2. The molecular weight excluding hydrogens is 250 g/mol. The van der Waals surface area contributed by atoms with Crippen LogP contribution in [0.3, 0.4) is 0 Å². The quantitative estimate of drug-likeness (QED) is 0.884. The molecule has 4 heteroatoms. The lowest BCUT2D eigenvalue weighted by Crippen LogP contribution is -2.47. The Hall–Kier alpha value is -1.58. The Bertz CT molecular complexity index is 433. The minimum Gasteiger partial charge on any atom is -0.335 e.